The first-order chi connectivity index (χ1) is 13.6. The second kappa shape index (κ2) is 7.49. The van der Waals surface area contributed by atoms with Crippen LogP contribution >= 0.6 is 11.6 Å². The molecule has 1 aromatic heterocycles. The number of carbonyl (C=O) groups is 1. The molecule has 2 aromatic carbocycles. The molecular formula is C23H18ClNO3. The van der Waals surface area contributed by atoms with E-state index >= 15 is 0 Å². The summed E-state index contributed by atoms with van der Waals surface area (Å²) in [5.41, 5.74) is 3.93. The molecular weight excluding hydrogens is 374 g/mol. The van der Waals surface area contributed by atoms with Crippen LogP contribution in [0.5, 0.6) is 5.75 Å². The van der Waals surface area contributed by atoms with Gasteiger partial charge >= 0.3 is 5.97 Å². The number of nitrogens with zero attached hydrogens (tertiary/aromatic N) is 1. The number of carbonyl (C=O) groups excluding carboxylic acids is 1. The van der Waals surface area contributed by atoms with Gasteiger partial charge in [0.05, 0.1) is 18.2 Å². The molecule has 0 N–H and O–H groups in total. The van der Waals surface area contributed by atoms with Crippen LogP contribution in [0.2, 0.25) is 5.15 Å². The molecule has 0 amide bonds. The van der Waals surface area contributed by atoms with Crippen LogP contribution in [0, 0.1) is 0 Å². The molecule has 2 heterocycles. The highest BCUT2D eigenvalue weighted by atomic mass is 35.5. The number of esters is 1. The Morgan fingerprint density at radius 1 is 1.14 bits per heavy atom. The van der Waals surface area contributed by atoms with E-state index in [1.54, 1.807) is 19.3 Å². The Morgan fingerprint density at radius 2 is 1.93 bits per heavy atom. The minimum Gasteiger partial charge on any atom is -0.497 e. The minimum absolute atomic E-state index is 0.326. The Kier molecular flexibility index (Phi) is 4.88. The maximum absolute atomic E-state index is 12.3. The highest BCUT2D eigenvalue weighted by molar-refractivity contribution is 6.31. The van der Waals surface area contributed by atoms with Crippen LogP contribution in [0.4, 0.5) is 0 Å². The van der Waals surface area contributed by atoms with E-state index in [0.29, 0.717) is 22.0 Å². The molecule has 4 nitrogen and oxygen atoms in total. The number of aromatic nitrogens is 1. The van der Waals surface area contributed by atoms with E-state index in [0.717, 1.165) is 28.6 Å². The van der Waals surface area contributed by atoms with Crippen LogP contribution in [-0.2, 0) is 16.0 Å². The third-order valence-electron chi connectivity index (χ3n) is 4.69. The minimum atomic E-state index is -0.406. The van der Waals surface area contributed by atoms with Crippen molar-refractivity contribution in [2.45, 2.75) is 13.3 Å². The molecule has 4 rings (SSSR count). The lowest BCUT2D eigenvalue weighted by atomic mass is 10.1. The van der Waals surface area contributed by atoms with Crippen LogP contribution < -0.4 is 4.74 Å². The fraction of sp³-hybridized carbons (Fsp3) is 0.130. The summed E-state index contributed by atoms with van der Waals surface area (Å²) in [6.45, 7) is 2.10. The molecule has 5 heteroatoms. The number of cyclic esters (lactones) is 1. The maximum Gasteiger partial charge on any atom is 0.343 e. The van der Waals surface area contributed by atoms with Crippen molar-refractivity contribution in [1.82, 2.24) is 4.98 Å². The van der Waals surface area contributed by atoms with Crippen LogP contribution in [0.3, 0.4) is 0 Å². The SMILES string of the molecule is CCc1ccc(C2=C/C(=C/c3cc4cc(OC)ccc4nc3Cl)C(=O)O2)cc1. The van der Waals surface area contributed by atoms with E-state index in [1.807, 2.05) is 48.5 Å². The van der Waals surface area contributed by atoms with Crippen LogP contribution in [-0.4, -0.2) is 18.1 Å². The average molecular weight is 392 g/mol. The Hall–Kier alpha value is -3.11. The number of aryl methyl sites for hydroxylation is 1. The quantitative estimate of drug-likeness (QED) is 0.337. The molecule has 3 aromatic rings. The predicted octanol–water partition coefficient (Wildman–Crippen LogP) is 5.44. The highest BCUT2D eigenvalue weighted by Gasteiger charge is 2.22. The van der Waals surface area contributed by atoms with Crippen LogP contribution in [0.25, 0.3) is 22.7 Å². The smallest absolute Gasteiger partial charge is 0.343 e. The summed E-state index contributed by atoms with van der Waals surface area (Å²) in [6.07, 6.45) is 4.39. The first-order valence-corrected chi connectivity index (χ1v) is 9.34. The van der Waals surface area contributed by atoms with Gasteiger partial charge in [0.1, 0.15) is 16.7 Å². The van der Waals surface area contributed by atoms with E-state index in [-0.39, 0.29) is 0 Å². The number of rotatable bonds is 4. The Balaban J connectivity index is 1.71. The van der Waals surface area contributed by atoms with Crippen LogP contribution in [0.15, 0.2) is 60.2 Å². The van der Waals surface area contributed by atoms with E-state index < -0.39 is 5.97 Å². The fourth-order valence-electron chi connectivity index (χ4n) is 3.08. The van der Waals surface area contributed by atoms with Gasteiger partial charge in [0.15, 0.2) is 0 Å². The van der Waals surface area contributed by atoms with Gasteiger partial charge in [0.25, 0.3) is 0 Å². The zero-order chi connectivity index (χ0) is 19.7. The number of hydrogen-bond acceptors (Lipinski definition) is 4. The summed E-state index contributed by atoms with van der Waals surface area (Å²) in [7, 11) is 1.61. The zero-order valence-electron chi connectivity index (χ0n) is 15.5. The molecule has 0 bridgehead atoms. The zero-order valence-corrected chi connectivity index (χ0v) is 16.3. The number of halogens is 1. The molecule has 140 valence electrons. The second-order valence-electron chi connectivity index (χ2n) is 6.48. The first kappa shape index (κ1) is 18.3. The van der Waals surface area contributed by atoms with Crippen molar-refractivity contribution in [3.8, 4) is 5.75 Å². The van der Waals surface area contributed by atoms with Gasteiger partial charge in [-0.25, -0.2) is 9.78 Å². The van der Waals surface area contributed by atoms with E-state index in [9.17, 15) is 4.79 Å². The summed E-state index contributed by atoms with van der Waals surface area (Å²) in [4.78, 5) is 16.7. The van der Waals surface area contributed by atoms with Crippen molar-refractivity contribution >= 4 is 40.3 Å². The molecule has 0 fully saturated rings. The van der Waals surface area contributed by atoms with Crippen molar-refractivity contribution < 1.29 is 14.3 Å². The number of methoxy groups -OCH3 is 1. The van der Waals surface area contributed by atoms with Gasteiger partial charge in [-0.2, -0.15) is 0 Å². The van der Waals surface area contributed by atoms with Crippen LogP contribution in [0.1, 0.15) is 23.6 Å². The van der Waals surface area contributed by atoms with Gasteiger partial charge in [0.2, 0.25) is 0 Å². The third-order valence-corrected chi connectivity index (χ3v) is 4.99. The third kappa shape index (κ3) is 3.51. The summed E-state index contributed by atoms with van der Waals surface area (Å²) in [5, 5.41) is 1.20. The average Bonchev–Trinajstić information content (AvgIpc) is 3.08. The van der Waals surface area contributed by atoms with E-state index in [1.165, 1.54) is 5.56 Å². The molecule has 0 spiro atoms. The lowest BCUT2D eigenvalue weighted by Gasteiger charge is -2.05. The first-order valence-electron chi connectivity index (χ1n) is 8.96. The molecule has 0 saturated carbocycles. The van der Waals surface area contributed by atoms with Gasteiger partial charge in [0, 0.05) is 16.5 Å². The van der Waals surface area contributed by atoms with Crippen molar-refractivity contribution in [1.29, 1.82) is 0 Å². The largest absolute Gasteiger partial charge is 0.497 e. The Morgan fingerprint density at radius 3 is 2.64 bits per heavy atom. The molecule has 1 aliphatic rings. The molecule has 28 heavy (non-hydrogen) atoms. The normalized spacial score (nSPS) is 15.0. The molecule has 0 atom stereocenters. The lowest BCUT2D eigenvalue weighted by Crippen LogP contribution is -1.97. The number of ether oxygens (including phenoxy) is 2. The van der Waals surface area contributed by atoms with Gasteiger partial charge in [-0.15, -0.1) is 0 Å². The summed E-state index contributed by atoms with van der Waals surface area (Å²) in [6, 6.07) is 15.4. The molecule has 1 aliphatic heterocycles. The second-order valence-corrected chi connectivity index (χ2v) is 6.83. The van der Waals surface area contributed by atoms with Crippen molar-refractivity contribution in [2.75, 3.05) is 7.11 Å². The standard InChI is InChI=1S/C23H18ClNO3/c1-3-14-4-6-15(7-5-14)21-13-18(23(26)28-21)11-17-10-16-12-19(27-2)8-9-20(16)25-22(17)24/h4-13H,3H2,1-2H3/b18-11-. The van der Waals surface area contributed by atoms with Crippen molar-refractivity contribution in [3.05, 3.63) is 82.0 Å². The highest BCUT2D eigenvalue weighted by Crippen LogP contribution is 2.30. The summed E-state index contributed by atoms with van der Waals surface area (Å²) < 4.78 is 10.7. The van der Waals surface area contributed by atoms with E-state index in [2.05, 4.69) is 11.9 Å². The van der Waals surface area contributed by atoms with Crippen molar-refractivity contribution in [3.63, 3.8) is 0 Å². The number of fused-ring (bicyclic) bond motifs is 1. The van der Waals surface area contributed by atoms with Gasteiger partial charge in [-0.1, -0.05) is 42.8 Å². The molecule has 0 unspecified atom stereocenters. The van der Waals surface area contributed by atoms with Crippen molar-refractivity contribution in [2.24, 2.45) is 0 Å². The predicted molar refractivity (Wildman–Crippen MR) is 111 cm³/mol. The monoisotopic (exact) mass is 391 g/mol. The van der Waals surface area contributed by atoms with E-state index in [4.69, 9.17) is 21.1 Å². The summed E-state index contributed by atoms with van der Waals surface area (Å²) >= 11 is 6.33. The molecule has 0 aliphatic carbocycles. The maximum atomic E-state index is 12.3. The lowest BCUT2D eigenvalue weighted by molar-refractivity contribution is -0.130. The number of pyridine rings is 1. The van der Waals surface area contributed by atoms with Gasteiger partial charge < -0.3 is 9.47 Å². The van der Waals surface area contributed by atoms with Gasteiger partial charge in [-0.3, -0.25) is 0 Å². The number of hydrogen-bond donors (Lipinski definition) is 0. The molecule has 0 saturated heterocycles. The topological polar surface area (TPSA) is 48.4 Å². The Bertz CT molecular complexity index is 1130. The Labute approximate surface area is 168 Å². The fourth-order valence-corrected chi connectivity index (χ4v) is 3.28. The summed E-state index contributed by atoms with van der Waals surface area (Å²) in [5.74, 6) is 0.857. The van der Waals surface area contributed by atoms with Gasteiger partial charge in [-0.05, 0) is 48.4 Å². The molecule has 0 radical (unpaired) electrons. The number of benzene rings is 2.